The Hall–Kier alpha value is -1.89. The molecule has 0 radical (unpaired) electrons. The minimum atomic E-state index is -0.671. The standard InChI is InChI=1S/C12H12F2N4S/c1-15-10-6-11(18-12(17-10)19-2)16-9-4-3-7(13)5-8(9)14/h3-6H,1-2H3,(H2,15,16,17,18). The average molecular weight is 282 g/mol. The van der Waals surface area contributed by atoms with Crippen LogP contribution in [0, 0.1) is 11.6 Å². The second-order valence-corrected chi connectivity index (χ2v) is 4.40. The highest BCUT2D eigenvalue weighted by Gasteiger charge is 2.07. The number of anilines is 3. The predicted octanol–water partition coefficient (Wildman–Crippen LogP) is 3.26. The van der Waals surface area contributed by atoms with Crippen LogP contribution in [0.2, 0.25) is 0 Å². The molecule has 0 aliphatic carbocycles. The van der Waals surface area contributed by atoms with E-state index < -0.39 is 11.6 Å². The third-order valence-corrected chi connectivity index (χ3v) is 2.89. The van der Waals surface area contributed by atoms with Gasteiger partial charge in [-0.1, -0.05) is 11.8 Å². The Balaban J connectivity index is 2.31. The fourth-order valence-corrected chi connectivity index (χ4v) is 1.82. The minimum absolute atomic E-state index is 0.161. The molecule has 0 aliphatic rings. The Morgan fingerprint density at radius 3 is 2.47 bits per heavy atom. The smallest absolute Gasteiger partial charge is 0.191 e. The van der Waals surface area contributed by atoms with Gasteiger partial charge in [0.1, 0.15) is 23.3 Å². The highest BCUT2D eigenvalue weighted by Crippen LogP contribution is 2.22. The third kappa shape index (κ3) is 3.31. The molecular weight excluding hydrogens is 270 g/mol. The first-order chi connectivity index (χ1) is 9.12. The number of hydrogen-bond acceptors (Lipinski definition) is 5. The SMILES string of the molecule is CNc1cc(Nc2ccc(F)cc2F)nc(SC)n1. The topological polar surface area (TPSA) is 49.8 Å². The maximum atomic E-state index is 13.5. The Labute approximate surface area is 113 Å². The van der Waals surface area contributed by atoms with Crippen LogP contribution >= 0.6 is 11.8 Å². The van der Waals surface area contributed by atoms with Gasteiger partial charge >= 0.3 is 0 Å². The van der Waals surface area contributed by atoms with Crippen LogP contribution < -0.4 is 10.6 Å². The van der Waals surface area contributed by atoms with E-state index in [1.807, 2.05) is 6.26 Å². The number of nitrogens with zero attached hydrogens (tertiary/aromatic N) is 2. The van der Waals surface area contributed by atoms with Crippen molar-refractivity contribution < 1.29 is 8.78 Å². The number of benzene rings is 1. The fourth-order valence-electron chi connectivity index (χ4n) is 1.44. The molecule has 0 saturated heterocycles. The maximum absolute atomic E-state index is 13.5. The van der Waals surface area contributed by atoms with Gasteiger partial charge in [-0.2, -0.15) is 0 Å². The molecule has 0 spiro atoms. The van der Waals surface area contributed by atoms with Gasteiger partial charge in [-0.3, -0.25) is 0 Å². The summed E-state index contributed by atoms with van der Waals surface area (Å²) in [5, 5.41) is 6.25. The van der Waals surface area contributed by atoms with Crippen LogP contribution in [-0.4, -0.2) is 23.3 Å². The molecule has 1 aromatic carbocycles. The lowest BCUT2D eigenvalue weighted by Crippen LogP contribution is -2.01. The summed E-state index contributed by atoms with van der Waals surface area (Å²) in [7, 11) is 1.73. The summed E-state index contributed by atoms with van der Waals surface area (Å²) in [5.41, 5.74) is 0.161. The van der Waals surface area contributed by atoms with Gasteiger partial charge in [-0.25, -0.2) is 18.7 Å². The summed E-state index contributed by atoms with van der Waals surface area (Å²) < 4.78 is 26.4. The largest absolute Gasteiger partial charge is 0.373 e. The second kappa shape index (κ2) is 5.83. The quantitative estimate of drug-likeness (QED) is 0.666. The lowest BCUT2D eigenvalue weighted by molar-refractivity contribution is 0.586. The maximum Gasteiger partial charge on any atom is 0.191 e. The Kier molecular flexibility index (Phi) is 4.16. The fraction of sp³-hybridized carbons (Fsp3) is 0.167. The summed E-state index contributed by atoms with van der Waals surface area (Å²) in [6.07, 6.45) is 1.84. The van der Waals surface area contributed by atoms with E-state index in [9.17, 15) is 8.78 Å². The van der Waals surface area contributed by atoms with Crippen LogP contribution in [0.5, 0.6) is 0 Å². The zero-order valence-corrected chi connectivity index (χ0v) is 11.2. The Bertz CT molecular complexity index is 570. The van der Waals surface area contributed by atoms with Crippen LogP contribution in [-0.2, 0) is 0 Å². The van der Waals surface area contributed by atoms with Crippen molar-refractivity contribution in [3.05, 3.63) is 35.9 Å². The number of rotatable bonds is 4. The summed E-state index contributed by atoms with van der Waals surface area (Å²) >= 11 is 1.37. The molecule has 0 amide bonds. The summed E-state index contributed by atoms with van der Waals surface area (Å²) in [6, 6.07) is 4.96. The van der Waals surface area contributed by atoms with Gasteiger partial charge in [0.2, 0.25) is 0 Å². The van der Waals surface area contributed by atoms with E-state index in [-0.39, 0.29) is 5.69 Å². The number of aromatic nitrogens is 2. The first kappa shape index (κ1) is 13.5. The molecule has 0 saturated carbocycles. The first-order valence-corrected chi connectivity index (χ1v) is 6.67. The van der Waals surface area contributed by atoms with Crippen LogP contribution in [0.25, 0.3) is 0 Å². The van der Waals surface area contributed by atoms with Gasteiger partial charge in [0.15, 0.2) is 5.16 Å². The van der Waals surface area contributed by atoms with Gasteiger partial charge < -0.3 is 10.6 Å². The number of halogens is 2. The summed E-state index contributed by atoms with van der Waals surface area (Å²) in [4.78, 5) is 8.39. The van der Waals surface area contributed by atoms with Crippen molar-refractivity contribution in [2.24, 2.45) is 0 Å². The van der Waals surface area contributed by atoms with E-state index in [4.69, 9.17) is 0 Å². The van der Waals surface area contributed by atoms with E-state index in [2.05, 4.69) is 20.6 Å². The summed E-state index contributed by atoms with van der Waals surface area (Å²) in [5.74, 6) is -0.236. The van der Waals surface area contributed by atoms with Crippen molar-refractivity contribution in [2.75, 3.05) is 23.9 Å². The zero-order chi connectivity index (χ0) is 13.8. The molecule has 19 heavy (non-hydrogen) atoms. The van der Waals surface area contributed by atoms with Crippen LogP contribution in [0.15, 0.2) is 29.4 Å². The normalized spacial score (nSPS) is 10.3. The molecule has 100 valence electrons. The average Bonchev–Trinajstić information content (AvgIpc) is 2.41. The third-order valence-electron chi connectivity index (χ3n) is 2.34. The zero-order valence-electron chi connectivity index (χ0n) is 10.4. The minimum Gasteiger partial charge on any atom is -0.373 e. The molecule has 0 fully saturated rings. The van der Waals surface area contributed by atoms with Gasteiger partial charge in [-0.05, 0) is 18.4 Å². The Morgan fingerprint density at radius 1 is 1.11 bits per heavy atom. The van der Waals surface area contributed by atoms with Gasteiger partial charge in [-0.15, -0.1) is 0 Å². The van der Waals surface area contributed by atoms with E-state index in [1.165, 1.54) is 23.9 Å². The van der Waals surface area contributed by atoms with Crippen molar-refractivity contribution >= 4 is 29.1 Å². The predicted molar refractivity (Wildman–Crippen MR) is 73.0 cm³/mol. The number of hydrogen-bond donors (Lipinski definition) is 2. The molecule has 2 rings (SSSR count). The number of thioether (sulfide) groups is 1. The molecule has 1 aromatic heterocycles. The van der Waals surface area contributed by atoms with Gasteiger partial charge in [0, 0.05) is 19.2 Å². The number of nitrogens with one attached hydrogen (secondary N) is 2. The lowest BCUT2D eigenvalue weighted by Gasteiger charge is -2.09. The molecule has 0 atom stereocenters. The Morgan fingerprint density at radius 2 is 1.84 bits per heavy atom. The van der Waals surface area contributed by atoms with E-state index in [1.54, 1.807) is 13.1 Å². The molecule has 7 heteroatoms. The molecule has 0 bridgehead atoms. The van der Waals surface area contributed by atoms with Crippen LogP contribution in [0.3, 0.4) is 0 Å². The molecule has 0 aliphatic heterocycles. The first-order valence-electron chi connectivity index (χ1n) is 5.45. The molecule has 2 N–H and O–H groups in total. The van der Waals surface area contributed by atoms with Crippen molar-refractivity contribution in [3.63, 3.8) is 0 Å². The summed E-state index contributed by atoms with van der Waals surface area (Å²) in [6.45, 7) is 0. The van der Waals surface area contributed by atoms with Crippen molar-refractivity contribution in [1.29, 1.82) is 0 Å². The highest BCUT2D eigenvalue weighted by atomic mass is 32.2. The molecule has 2 aromatic rings. The second-order valence-electron chi connectivity index (χ2n) is 3.62. The molecule has 4 nitrogen and oxygen atoms in total. The highest BCUT2D eigenvalue weighted by molar-refractivity contribution is 7.98. The van der Waals surface area contributed by atoms with Crippen LogP contribution in [0.4, 0.5) is 26.1 Å². The van der Waals surface area contributed by atoms with Gasteiger partial charge in [0.05, 0.1) is 5.69 Å². The van der Waals surface area contributed by atoms with E-state index in [0.29, 0.717) is 16.8 Å². The van der Waals surface area contributed by atoms with E-state index >= 15 is 0 Å². The monoisotopic (exact) mass is 282 g/mol. The lowest BCUT2D eigenvalue weighted by atomic mass is 10.3. The molecular formula is C12H12F2N4S. The molecule has 1 heterocycles. The van der Waals surface area contributed by atoms with Crippen LogP contribution in [0.1, 0.15) is 0 Å². The van der Waals surface area contributed by atoms with E-state index in [0.717, 1.165) is 6.07 Å². The molecule has 0 unspecified atom stereocenters. The van der Waals surface area contributed by atoms with Crippen molar-refractivity contribution in [1.82, 2.24) is 9.97 Å². The van der Waals surface area contributed by atoms with Gasteiger partial charge in [0.25, 0.3) is 0 Å². The van der Waals surface area contributed by atoms with Crippen molar-refractivity contribution in [3.8, 4) is 0 Å². The van der Waals surface area contributed by atoms with Crippen molar-refractivity contribution in [2.45, 2.75) is 5.16 Å².